The molecular weight excluding hydrogens is 255 g/mol. The maximum absolute atomic E-state index is 13.7. The molecule has 1 saturated heterocycles. The van der Waals surface area contributed by atoms with Gasteiger partial charge in [-0.05, 0) is 37.4 Å². The average Bonchev–Trinajstić information content (AvgIpc) is 2.47. The molecule has 0 spiro atoms. The molecule has 1 fully saturated rings. The summed E-state index contributed by atoms with van der Waals surface area (Å²) >= 11 is 0. The lowest BCUT2D eigenvalue weighted by Crippen LogP contribution is -2.44. The SMILES string of the molecule is CNC1CCN(C(=O)CC(C)c2ccccc2F)CC1. The lowest BCUT2D eigenvalue weighted by atomic mass is 9.96. The summed E-state index contributed by atoms with van der Waals surface area (Å²) in [6.45, 7) is 3.51. The van der Waals surface area contributed by atoms with E-state index < -0.39 is 0 Å². The highest BCUT2D eigenvalue weighted by Crippen LogP contribution is 2.23. The van der Waals surface area contributed by atoms with Crippen LogP contribution in [0.15, 0.2) is 24.3 Å². The Labute approximate surface area is 120 Å². The molecule has 1 aromatic rings. The Morgan fingerprint density at radius 3 is 2.65 bits per heavy atom. The summed E-state index contributed by atoms with van der Waals surface area (Å²) in [7, 11) is 1.96. The predicted octanol–water partition coefficient (Wildman–Crippen LogP) is 2.53. The number of amides is 1. The molecular formula is C16H23FN2O. The Morgan fingerprint density at radius 1 is 1.40 bits per heavy atom. The van der Waals surface area contributed by atoms with E-state index in [9.17, 15) is 9.18 Å². The fourth-order valence-electron chi connectivity index (χ4n) is 2.79. The molecule has 3 nitrogen and oxygen atoms in total. The second-order valence-electron chi connectivity index (χ2n) is 5.57. The van der Waals surface area contributed by atoms with Crippen molar-refractivity contribution in [3.8, 4) is 0 Å². The van der Waals surface area contributed by atoms with Crippen LogP contribution in [-0.4, -0.2) is 37.0 Å². The Bertz CT molecular complexity index is 456. The van der Waals surface area contributed by atoms with Crippen LogP contribution in [0.4, 0.5) is 4.39 Å². The summed E-state index contributed by atoms with van der Waals surface area (Å²) < 4.78 is 13.7. The van der Waals surface area contributed by atoms with E-state index in [-0.39, 0.29) is 17.6 Å². The van der Waals surface area contributed by atoms with Gasteiger partial charge in [0.05, 0.1) is 0 Å². The van der Waals surface area contributed by atoms with Crippen molar-refractivity contribution in [3.05, 3.63) is 35.6 Å². The van der Waals surface area contributed by atoms with Gasteiger partial charge in [-0.1, -0.05) is 25.1 Å². The number of hydrogen-bond acceptors (Lipinski definition) is 2. The molecule has 4 heteroatoms. The van der Waals surface area contributed by atoms with Crippen LogP contribution in [0.3, 0.4) is 0 Å². The topological polar surface area (TPSA) is 32.3 Å². The first kappa shape index (κ1) is 15.0. The van der Waals surface area contributed by atoms with E-state index in [0.717, 1.165) is 25.9 Å². The van der Waals surface area contributed by atoms with Gasteiger partial charge in [0.15, 0.2) is 0 Å². The van der Waals surface area contributed by atoms with Crippen LogP contribution >= 0.6 is 0 Å². The second-order valence-corrected chi connectivity index (χ2v) is 5.57. The van der Waals surface area contributed by atoms with Crippen LogP contribution in [0.1, 0.15) is 37.7 Å². The summed E-state index contributed by atoms with van der Waals surface area (Å²) in [5, 5.41) is 3.25. The van der Waals surface area contributed by atoms with E-state index in [4.69, 9.17) is 0 Å². The quantitative estimate of drug-likeness (QED) is 0.918. The predicted molar refractivity (Wildman–Crippen MR) is 78.1 cm³/mol. The average molecular weight is 278 g/mol. The van der Waals surface area contributed by atoms with Crippen LogP contribution in [0.2, 0.25) is 0 Å². The summed E-state index contributed by atoms with van der Waals surface area (Å²) in [6, 6.07) is 7.23. The maximum atomic E-state index is 13.7. The zero-order valence-corrected chi connectivity index (χ0v) is 12.2. The van der Waals surface area contributed by atoms with Crippen LogP contribution < -0.4 is 5.32 Å². The standard InChI is InChI=1S/C16H23FN2O/c1-12(14-5-3-4-6-15(14)17)11-16(20)19-9-7-13(18-2)8-10-19/h3-6,12-13,18H,7-11H2,1-2H3. The molecule has 1 N–H and O–H groups in total. The Morgan fingerprint density at radius 2 is 2.05 bits per heavy atom. The summed E-state index contributed by atoms with van der Waals surface area (Å²) in [4.78, 5) is 14.2. The molecule has 1 amide bonds. The van der Waals surface area contributed by atoms with Gasteiger partial charge >= 0.3 is 0 Å². The highest BCUT2D eigenvalue weighted by molar-refractivity contribution is 5.77. The van der Waals surface area contributed by atoms with Crippen LogP contribution in [-0.2, 0) is 4.79 Å². The molecule has 1 atom stereocenters. The number of carbonyl (C=O) groups excluding carboxylic acids is 1. The van der Waals surface area contributed by atoms with Gasteiger partial charge < -0.3 is 10.2 Å². The molecule has 1 aliphatic heterocycles. The monoisotopic (exact) mass is 278 g/mol. The van der Waals surface area contributed by atoms with Gasteiger partial charge in [0.1, 0.15) is 5.82 Å². The molecule has 1 aliphatic rings. The zero-order chi connectivity index (χ0) is 14.5. The maximum Gasteiger partial charge on any atom is 0.223 e. The number of hydrogen-bond donors (Lipinski definition) is 1. The van der Waals surface area contributed by atoms with Gasteiger partial charge in [0.2, 0.25) is 5.91 Å². The molecule has 1 heterocycles. The number of carbonyl (C=O) groups is 1. The van der Waals surface area contributed by atoms with E-state index in [2.05, 4.69) is 5.32 Å². The molecule has 0 radical (unpaired) electrons. The first-order valence-corrected chi connectivity index (χ1v) is 7.31. The van der Waals surface area contributed by atoms with Crippen molar-refractivity contribution in [1.82, 2.24) is 10.2 Å². The number of likely N-dealkylation sites (tertiary alicyclic amines) is 1. The van der Waals surface area contributed by atoms with Crippen molar-refractivity contribution in [2.75, 3.05) is 20.1 Å². The Kier molecular flexibility index (Phi) is 5.12. The van der Waals surface area contributed by atoms with Crippen molar-refractivity contribution < 1.29 is 9.18 Å². The third kappa shape index (κ3) is 3.57. The van der Waals surface area contributed by atoms with Crippen molar-refractivity contribution >= 4 is 5.91 Å². The number of piperidine rings is 1. The van der Waals surface area contributed by atoms with E-state index in [1.165, 1.54) is 6.07 Å². The van der Waals surface area contributed by atoms with Crippen molar-refractivity contribution in [1.29, 1.82) is 0 Å². The molecule has 0 bridgehead atoms. The minimum absolute atomic E-state index is 0.0780. The Hall–Kier alpha value is -1.42. The number of nitrogens with zero attached hydrogens (tertiary/aromatic N) is 1. The van der Waals surface area contributed by atoms with Gasteiger partial charge in [-0.15, -0.1) is 0 Å². The van der Waals surface area contributed by atoms with E-state index in [1.54, 1.807) is 12.1 Å². The van der Waals surface area contributed by atoms with E-state index >= 15 is 0 Å². The Balaban J connectivity index is 1.90. The molecule has 20 heavy (non-hydrogen) atoms. The first-order valence-electron chi connectivity index (χ1n) is 7.31. The number of benzene rings is 1. The van der Waals surface area contributed by atoms with Crippen molar-refractivity contribution in [2.24, 2.45) is 0 Å². The van der Waals surface area contributed by atoms with Gasteiger partial charge in [0.25, 0.3) is 0 Å². The minimum atomic E-state index is -0.221. The smallest absolute Gasteiger partial charge is 0.223 e. The fraction of sp³-hybridized carbons (Fsp3) is 0.562. The summed E-state index contributed by atoms with van der Waals surface area (Å²) in [5.74, 6) is -0.164. The molecule has 1 unspecified atom stereocenters. The van der Waals surface area contributed by atoms with Gasteiger partial charge in [-0.2, -0.15) is 0 Å². The highest BCUT2D eigenvalue weighted by Gasteiger charge is 2.23. The van der Waals surface area contributed by atoms with Crippen LogP contribution in [0, 0.1) is 5.82 Å². The zero-order valence-electron chi connectivity index (χ0n) is 12.2. The summed E-state index contributed by atoms with van der Waals surface area (Å²) in [5.41, 5.74) is 0.631. The fourth-order valence-corrected chi connectivity index (χ4v) is 2.79. The third-order valence-corrected chi connectivity index (χ3v) is 4.17. The second kappa shape index (κ2) is 6.84. The van der Waals surface area contributed by atoms with Gasteiger partial charge in [0, 0.05) is 25.6 Å². The first-order chi connectivity index (χ1) is 9.61. The molecule has 0 aromatic heterocycles. The molecule has 1 aromatic carbocycles. The van der Waals surface area contributed by atoms with Gasteiger partial charge in [-0.25, -0.2) is 4.39 Å². The molecule has 110 valence electrons. The van der Waals surface area contributed by atoms with Gasteiger partial charge in [-0.3, -0.25) is 4.79 Å². The third-order valence-electron chi connectivity index (χ3n) is 4.17. The van der Waals surface area contributed by atoms with Crippen LogP contribution in [0.25, 0.3) is 0 Å². The summed E-state index contributed by atoms with van der Waals surface area (Å²) in [6.07, 6.45) is 2.37. The van der Waals surface area contributed by atoms with Crippen LogP contribution in [0.5, 0.6) is 0 Å². The number of rotatable bonds is 4. The van der Waals surface area contributed by atoms with E-state index in [0.29, 0.717) is 18.0 Å². The molecule has 0 aliphatic carbocycles. The van der Waals surface area contributed by atoms with E-state index in [1.807, 2.05) is 24.9 Å². The van der Waals surface area contributed by atoms with Crippen molar-refractivity contribution in [3.63, 3.8) is 0 Å². The molecule has 2 rings (SSSR count). The number of halogens is 1. The normalized spacial score (nSPS) is 18.1. The molecule has 0 saturated carbocycles. The lowest BCUT2D eigenvalue weighted by Gasteiger charge is -2.32. The minimum Gasteiger partial charge on any atom is -0.343 e. The number of nitrogens with one attached hydrogen (secondary N) is 1. The lowest BCUT2D eigenvalue weighted by molar-refractivity contribution is -0.132. The van der Waals surface area contributed by atoms with Crippen molar-refractivity contribution in [2.45, 2.75) is 38.1 Å². The highest BCUT2D eigenvalue weighted by atomic mass is 19.1. The largest absolute Gasteiger partial charge is 0.343 e.